The van der Waals surface area contributed by atoms with Gasteiger partial charge in [0.05, 0.1) is 12.2 Å². The van der Waals surface area contributed by atoms with Crippen LogP contribution in [-0.4, -0.2) is 40.5 Å². The summed E-state index contributed by atoms with van der Waals surface area (Å²) in [5.74, 6) is -1.47. The van der Waals surface area contributed by atoms with Crippen molar-refractivity contribution in [2.24, 2.45) is 7.05 Å². The number of hydrogen-bond acceptors (Lipinski definition) is 7. The first-order chi connectivity index (χ1) is 12.9. The minimum Gasteiger partial charge on any atom is -0.288 e. The second-order valence-corrected chi connectivity index (χ2v) is 5.30. The largest absolute Gasteiger partial charge is 0.352 e. The average molecular weight is 372 g/mol. The molecule has 1 amide bonds. The van der Waals surface area contributed by atoms with Crippen molar-refractivity contribution in [2.75, 3.05) is 5.32 Å². The Morgan fingerprint density at radius 2 is 2.00 bits per heavy atom. The summed E-state index contributed by atoms with van der Waals surface area (Å²) >= 11 is 0. The molecule has 0 aliphatic carbocycles. The standard InChI is InChI=1S/C15H13FN8O3/c1-3-8-23-15(27)24(10-6-4-9(16)5-7-10)13(26)11(19-23)12(25)17-14-18-20-21-22(14)2/h3-7H,1,8H2,2H3,(H,17,18,21,25). The fourth-order valence-corrected chi connectivity index (χ4v) is 2.21. The zero-order valence-corrected chi connectivity index (χ0v) is 14.0. The number of nitrogens with one attached hydrogen (secondary N) is 1. The monoisotopic (exact) mass is 372 g/mol. The predicted molar refractivity (Wildman–Crippen MR) is 91.0 cm³/mol. The van der Waals surface area contributed by atoms with Crippen LogP contribution in [0.2, 0.25) is 0 Å². The van der Waals surface area contributed by atoms with E-state index in [1.165, 1.54) is 29.9 Å². The van der Waals surface area contributed by atoms with E-state index in [9.17, 15) is 18.8 Å². The minimum atomic E-state index is -0.973. The van der Waals surface area contributed by atoms with Gasteiger partial charge in [0.1, 0.15) is 5.82 Å². The summed E-state index contributed by atoms with van der Waals surface area (Å²) in [5.41, 5.74) is -2.26. The molecule has 0 aliphatic heterocycles. The van der Waals surface area contributed by atoms with E-state index in [4.69, 9.17) is 0 Å². The molecule has 0 radical (unpaired) electrons. The molecule has 12 heteroatoms. The third-order valence-electron chi connectivity index (χ3n) is 3.49. The fourth-order valence-electron chi connectivity index (χ4n) is 2.21. The van der Waals surface area contributed by atoms with Gasteiger partial charge in [0, 0.05) is 7.05 Å². The molecule has 0 unspecified atom stereocenters. The van der Waals surface area contributed by atoms with E-state index in [1.54, 1.807) is 0 Å². The lowest BCUT2D eigenvalue weighted by atomic mass is 10.3. The van der Waals surface area contributed by atoms with Crippen molar-refractivity contribution >= 4 is 11.9 Å². The second kappa shape index (κ2) is 7.11. The molecule has 1 N–H and O–H groups in total. The van der Waals surface area contributed by atoms with E-state index in [1.807, 2.05) is 0 Å². The SMILES string of the molecule is C=CCn1nc(C(=O)Nc2nnnn2C)c(=O)n(-c2ccc(F)cc2)c1=O. The highest BCUT2D eigenvalue weighted by molar-refractivity contribution is 6.01. The number of aryl methyl sites for hydroxylation is 1. The Hall–Kier alpha value is -3.96. The van der Waals surface area contributed by atoms with Crippen LogP contribution in [0.5, 0.6) is 0 Å². The Labute approximate surface area is 150 Å². The van der Waals surface area contributed by atoms with Gasteiger partial charge in [0.2, 0.25) is 11.6 Å². The highest BCUT2D eigenvalue weighted by Gasteiger charge is 2.21. The second-order valence-electron chi connectivity index (χ2n) is 5.30. The number of carbonyl (C=O) groups is 1. The van der Waals surface area contributed by atoms with Crippen LogP contribution in [0.25, 0.3) is 5.69 Å². The van der Waals surface area contributed by atoms with Crippen LogP contribution in [0.1, 0.15) is 10.5 Å². The third kappa shape index (κ3) is 3.40. The molecule has 2 aromatic heterocycles. The van der Waals surface area contributed by atoms with Crippen molar-refractivity contribution < 1.29 is 9.18 Å². The molecule has 0 saturated carbocycles. The van der Waals surface area contributed by atoms with Crippen molar-refractivity contribution in [1.82, 2.24) is 34.6 Å². The van der Waals surface area contributed by atoms with Crippen LogP contribution in [-0.2, 0) is 13.6 Å². The number of halogens is 1. The van der Waals surface area contributed by atoms with Gasteiger partial charge in [0.15, 0.2) is 0 Å². The molecule has 3 aromatic rings. The van der Waals surface area contributed by atoms with Crippen molar-refractivity contribution in [3.8, 4) is 5.69 Å². The molecule has 0 atom stereocenters. The number of rotatable bonds is 5. The number of benzene rings is 1. The third-order valence-corrected chi connectivity index (χ3v) is 3.49. The van der Waals surface area contributed by atoms with Gasteiger partial charge in [-0.25, -0.2) is 23.1 Å². The molecule has 1 aromatic carbocycles. The summed E-state index contributed by atoms with van der Waals surface area (Å²) in [6.07, 6.45) is 1.38. The fraction of sp³-hybridized carbons (Fsp3) is 0.133. The van der Waals surface area contributed by atoms with Crippen LogP contribution in [0.15, 0.2) is 46.5 Å². The summed E-state index contributed by atoms with van der Waals surface area (Å²) < 4.78 is 16.0. The summed E-state index contributed by atoms with van der Waals surface area (Å²) in [7, 11) is 1.48. The van der Waals surface area contributed by atoms with E-state index in [0.717, 1.165) is 21.4 Å². The number of carbonyl (C=O) groups excluding carboxylic acids is 1. The lowest BCUT2D eigenvalue weighted by Gasteiger charge is -2.10. The van der Waals surface area contributed by atoms with Gasteiger partial charge in [-0.1, -0.05) is 11.2 Å². The highest BCUT2D eigenvalue weighted by atomic mass is 19.1. The van der Waals surface area contributed by atoms with Crippen LogP contribution in [0.4, 0.5) is 10.3 Å². The number of anilines is 1. The average Bonchev–Trinajstić information content (AvgIpc) is 3.04. The first-order valence-electron chi connectivity index (χ1n) is 7.57. The van der Waals surface area contributed by atoms with E-state index < -0.39 is 28.7 Å². The van der Waals surface area contributed by atoms with Crippen LogP contribution >= 0.6 is 0 Å². The first kappa shape index (κ1) is 17.8. The maximum absolute atomic E-state index is 13.2. The molecular formula is C15H13FN8O3. The predicted octanol–water partition coefficient (Wildman–Crippen LogP) is -0.505. The molecule has 0 bridgehead atoms. The number of amides is 1. The molecule has 138 valence electrons. The topological polar surface area (TPSA) is 130 Å². The number of hydrogen-bond donors (Lipinski definition) is 1. The normalized spacial score (nSPS) is 10.6. The van der Waals surface area contributed by atoms with Gasteiger partial charge in [-0.3, -0.25) is 14.9 Å². The Morgan fingerprint density at radius 3 is 2.59 bits per heavy atom. The van der Waals surface area contributed by atoms with E-state index in [2.05, 4.69) is 32.5 Å². The summed E-state index contributed by atoms with van der Waals surface area (Å²) in [6, 6.07) is 4.66. The summed E-state index contributed by atoms with van der Waals surface area (Å²) in [5, 5.41) is 16.6. The Kier molecular flexibility index (Phi) is 4.70. The van der Waals surface area contributed by atoms with Crippen LogP contribution in [0.3, 0.4) is 0 Å². The summed E-state index contributed by atoms with van der Waals surface area (Å²) in [6.45, 7) is 3.46. The van der Waals surface area contributed by atoms with Gasteiger partial charge in [0.25, 0.3) is 11.5 Å². The lowest BCUT2D eigenvalue weighted by molar-refractivity contribution is 0.101. The lowest BCUT2D eigenvalue weighted by Crippen LogP contribution is -2.44. The van der Waals surface area contributed by atoms with Crippen molar-refractivity contribution in [3.63, 3.8) is 0 Å². The molecule has 0 spiro atoms. The van der Waals surface area contributed by atoms with Gasteiger partial charge in [-0.15, -0.1) is 6.58 Å². The number of nitrogens with zero attached hydrogens (tertiary/aromatic N) is 7. The summed E-state index contributed by atoms with van der Waals surface area (Å²) in [4.78, 5) is 37.8. The van der Waals surface area contributed by atoms with Crippen molar-refractivity contribution in [3.05, 3.63) is 69.3 Å². The molecule has 3 rings (SSSR count). The maximum atomic E-state index is 13.2. The number of aromatic nitrogens is 7. The Balaban J connectivity index is 2.16. The smallest absolute Gasteiger partial charge is 0.288 e. The van der Waals surface area contributed by atoms with E-state index in [0.29, 0.717) is 0 Å². The molecule has 2 heterocycles. The number of allylic oxidation sites excluding steroid dienone is 1. The van der Waals surface area contributed by atoms with Crippen molar-refractivity contribution in [1.29, 1.82) is 0 Å². The Bertz CT molecular complexity index is 1130. The first-order valence-corrected chi connectivity index (χ1v) is 7.57. The van der Waals surface area contributed by atoms with E-state index in [-0.39, 0.29) is 18.2 Å². The van der Waals surface area contributed by atoms with Crippen LogP contribution < -0.4 is 16.6 Å². The molecule has 11 nitrogen and oxygen atoms in total. The quantitative estimate of drug-likeness (QED) is 0.597. The van der Waals surface area contributed by atoms with Gasteiger partial charge >= 0.3 is 5.69 Å². The molecular weight excluding hydrogens is 359 g/mol. The molecule has 27 heavy (non-hydrogen) atoms. The maximum Gasteiger partial charge on any atom is 0.352 e. The zero-order valence-electron chi connectivity index (χ0n) is 14.0. The van der Waals surface area contributed by atoms with Gasteiger partial charge in [-0.2, -0.15) is 5.10 Å². The van der Waals surface area contributed by atoms with Crippen molar-refractivity contribution in [2.45, 2.75) is 6.54 Å². The van der Waals surface area contributed by atoms with Gasteiger partial charge < -0.3 is 0 Å². The molecule has 0 fully saturated rings. The zero-order chi connectivity index (χ0) is 19.6. The molecule has 0 aliphatic rings. The highest BCUT2D eigenvalue weighted by Crippen LogP contribution is 2.05. The van der Waals surface area contributed by atoms with Crippen LogP contribution in [0, 0.1) is 5.82 Å². The Morgan fingerprint density at radius 1 is 1.30 bits per heavy atom. The van der Waals surface area contributed by atoms with E-state index >= 15 is 0 Å². The minimum absolute atomic E-state index is 0.0176. The number of tetrazole rings is 1. The molecule has 0 saturated heterocycles. The van der Waals surface area contributed by atoms with Gasteiger partial charge in [-0.05, 0) is 34.7 Å².